The van der Waals surface area contributed by atoms with Gasteiger partial charge < -0.3 is 15.5 Å². The first-order valence-electron chi connectivity index (χ1n) is 12.6. The van der Waals surface area contributed by atoms with Gasteiger partial charge in [0.25, 0.3) is 0 Å². The van der Waals surface area contributed by atoms with Crippen LogP contribution in [0.25, 0.3) is 10.8 Å². The Balaban J connectivity index is 1.73. The van der Waals surface area contributed by atoms with Crippen molar-refractivity contribution in [1.29, 1.82) is 0 Å². The van der Waals surface area contributed by atoms with Crippen LogP contribution in [-0.4, -0.2) is 45.6 Å². The molecule has 0 heterocycles. The summed E-state index contributed by atoms with van der Waals surface area (Å²) in [5.74, 6) is -0.694. The van der Waals surface area contributed by atoms with Crippen molar-refractivity contribution in [2.75, 3.05) is 23.9 Å². The molecular formula is C28H29N5O6S2. The lowest BCUT2D eigenvalue weighted by molar-refractivity contribution is 0.473. The first-order chi connectivity index (χ1) is 19.4. The highest BCUT2D eigenvalue weighted by molar-refractivity contribution is 7.91. The molecule has 0 unspecified atom stereocenters. The lowest BCUT2D eigenvalue weighted by Crippen LogP contribution is -2.05. The van der Waals surface area contributed by atoms with Gasteiger partial charge in [-0.1, -0.05) is 19.9 Å². The van der Waals surface area contributed by atoms with E-state index in [-0.39, 0.29) is 44.2 Å². The zero-order chi connectivity index (χ0) is 29.9. The summed E-state index contributed by atoms with van der Waals surface area (Å²) in [5.41, 5.74) is 1.94. The summed E-state index contributed by atoms with van der Waals surface area (Å²) in [7, 11) is -5.23. The molecule has 4 aromatic rings. The fraction of sp³-hybridized carbons (Fsp3) is 0.214. The number of aromatic hydroxyl groups is 2. The van der Waals surface area contributed by atoms with Gasteiger partial charge in [-0.15, -0.1) is 15.3 Å². The van der Waals surface area contributed by atoms with Crippen molar-refractivity contribution in [2.24, 2.45) is 20.5 Å². The molecule has 0 aliphatic carbocycles. The largest absolute Gasteiger partial charge is 0.506 e. The van der Waals surface area contributed by atoms with Crippen LogP contribution in [0.2, 0.25) is 0 Å². The third-order valence-electron chi connectivity index (χ3n) is 6.47. The van der Waals surface area contributed by atoms with Gasteiger partial charge in [0.1, 0.15) is 22.8 Å². The van der Waals surface area contributed by atoms with Crippen LogP contribution >= 0.6 is 0 Å². The van der Waals surface area contributed by atoms with Gasteiger partial charge in [-0.2, -0.15) is 5.11 Å². The highest BCUT2D eigenvalue weighted by atomic mass is 32.2. The van der Waals surface area contributed by atoms with Gasteiger partial charge in [0, 0.05) is 23.9 Å². The Morgan fingerprint density at radius 1 is 0.756 bits per heavy atom. The standard InChI is InChI=1S/C28H29N5O6S2/c1-5-40(36,37)19-9-7-8-18(15-19)30-33-27-20-10-13-23(28(35)21(20)11-12-22(27)29-4)31-32-24-14-17(3)26(16-25(24)34)41(38,39)6-2/h7-16,29,34-35H,5-6H2,1-4H3/b32-31+,33-30+. The lowest BCUT2D eigenvalue weighted by Gasteiger charge is -2.11. The molecule has 0 atom stereocenters. The zero-order valence-electron chi connectivity index (χ0n) is 22.8. The predicted octanol–water partition coefficient (Wildman–Crippen LogP) is 7.02. The summed E-state index contributed by atoms with van der Waals surface area (Å²) >= 11 is 0. The van der Waals surface area contributed by atoms with Crippen LogP contribution in [0, 0.1) is 6.92 Å². The average molecular weight is 596 g/mol. The molecule has 214 valence electrons. The van der Waals surface area contributed by atoms with Gasteiger partial charge in [-0.25, -0.2) is 16.8 Å². The lowest BCUT2D eigenvalue weighted by atomic mass is 10.1. The molecule has 0 bridgehead atoms. The maximum atomic E-state index is 12.3. The van der Waals surface area contributed by atoms with E-state index in [2.05, 4.69) is 25.8 Å². The van der Waals surface area contributed by atoms with E-state index in [1.54, 1.807) is 51.2 Å². The normalized spacial score (nSPS) is 12.5. The van der Waals surface area contributed by atoms with E-state index in [1.165, 1.54) is 31.2 Å². The number of nitrogens with one attached hydrogen (secondary N) is 1. The van der Waals surface area contributed by atoms with Crippen molar-refractivity contribution in [3.05, 3.63) is 66.2 Å². The number of phenolic OH excluding ortho intramolecular Hbond substituents is 2. The van der Waals surface area contributed by atoms with Gasteiger partial charge >= 0.3 is 0 Å². The minimum absolute atomic E-state index is 0.0192. The van der Waals surface area contributed by atoms with Crippen molar-refractivity contribution in [2.45, 2.75) is 30.6 Å². The number of hydrogen-bond donors (Lipinski definition) is 3. The van der Waals surface area contributed by atoms with Crippen molar-refractivity contribution >= 4 is 58.9 Å². The molecule has 4 aromatic carbocycles. The van der Waals surface area contributed by atoms with Crippen LogP contribution in [0.3, 0.4) is 0 Å². The number of sulfone groups is 2. The van der Waals surface area contributed by atoms with E-state index >= 15 is 0 Å². The number of benzene rings is 4. The van der Waals surface area contributed by atoms with Crippen LogP contribution in [-0.2, 0) is 19.7 Å². The molecule has 0 aromatic heterocycles. The molecule has 0 radical (unpaired) electrons. The maximum Gasteiger partial charge on any atom is 0.178 e. The van der Waals surface area contributed by atoms with E-state index < -0.39 is 19.7 Å². The zero-order valence-corrected chi connectivity index (χ0v) is 24.5. The second-order valence-corrected chi connectivity index (χ2v) is 13.6. The van der Waals surface area contributed by atoms with Gasteiger partial charge in [-0.3, -0.25) is 0 Å². The molecule has 13 heteroatoms. The first kappa shape index (κ1) is 29.6. The number of nitrogens with zero attached hydrogens (tertiary/aromatic N) is 4. The second kappa shape index (κ2) is 11.6. The van der Waals surface area contributed by atoms with E-state index in [4.69, 9.17) is 0 Å². The maximum absolute atomic E-state index is 12.3. The quantitative estimate of drug-likeness (QED) is 0.175. The van der Waals surface area contributed by atoms with Gasteiger partial charge in [-0.05, 0) is 61.0 Å². The topological polar surface area (TPSA) is 170 Å². The minimum atomic E-state index is -3.53. The Bertz CT molecular complexity index is 1920. The van der Waals surface area contributed by atoms with Crippen molar-refractivity contribution in [3.63, 3.8) is 0 Å². The van der Waals surface area contributed by atoms with Crippen LogP contribution in [0.1, 0.15) is 19.4 Å². The molecule has 0 saturated carbocycles. The van der Waals surface area contributed by atoms with Crippen LogP contribution < -0.4 is 5.32 Å². The fourth-order valence-electron chi connectivity index (χ4n) is 4.11. The van der Waals surface area contributed by atoms with Gasteiger partial charge in [0.05, 0.1) is 32.7 Å². The minimum Gasteiger partial charge on any atom is -0.506 e. The number of aryl methyl sites for hydroxylation is 1. The van der Waals surface area contributed by atoms with Crippen molar-refractivity contribution in [1.82, 2.24) is 0 Å². The third kappa shape index (κ3) is 6.05. The highest BCUT2D eigenvalue weighted by Crippen LogP contribution is 2.43. The van der Waals surface area contributed by atoms with Crippen molar-refractivity contribution in [3.8, 4) is 11.5 Å². The Labute approximate surface area is 238 Å². The first-order valence-corrected chi connectivity index (χ1v) is 15.9. The molecule has 0 saturated heterocycles. The van der Waals surface area contributed by atoms with Crippen LogP contribution in [0.4, 0.5) is 28.4 Å². The SMILES string of the molecule is CCS(=O)(=O)c1cccc(/N=N/c2c(NC)ccc3c(O)c(/N=N/c4cc(C)c(S(=O)(=O)CC)cc4O)ccc23)c1. The summed E-state index contributed by atoms with van der Waals surface area (Å²) in [4.78, 5) is 0.171. The van der Waals surface area contributed by atoms with Crippen molar-refractivity contribution < 1.29 is 27.0 Å². The summed E-state index contributed by atoms with van der Waals surface area (Å²) in [5, 5.41) is 42.1. The summed E-state index contributed by atoms with van der Waals surface area (Å²) in [6.45, 7) is 4.69. The number of hydrogen-bond acceptors (Lipinski definition) is 11. The molecule has 0 amide bonds. The number of rotatable bonds is 9. The van der Waals surface area contributed by atoms with E-state index in [0.29, 0.717) is 33.4 Å². The molecule has 0 fully saturated rings. The van der Waals surface area contributed by atoms with Crippen LogP contribution in [0.15, 0.2) is 90.9 Å². The average Bonchev–Trinajstić information content (AvgIpc) is 2.96. The van der Waals surface area contributed by atoms with Crippen LogP contribution in [0.5, 0.6) is 11.5 Å². The van der Waals surface area contributed by atoms with Gasteiger partial charge in [0.2, 0.25) is 0 Å². The Hall–Kier alpha value is -4.36. The summed E-state index contributed by atoms with van der Waals surface area (Å²) in [6, 6.07) is 15.3. The second-order valence-electron chi connectivity index (χ2n) is 9.05. The molecule has 11 nitrogen and oxygen atoms in total. The predicted molar refractivity (Wildman–Crippen MR) is 158 cm³/mol. The Morgan fingerprint density at radius 2 is 1.44 bits per heavy atom. The fourth-order valence-corrected chi connectivity index (χ4v) is 6.18. The monoisotopic (exact) mass is 595 g/mol. The summed E-state index contributed by atoms with van der Waals surface area (Å²) in [6.07, 6.45) is 0. The number of fused-ring (bicyclic) bond motifs is 1. The Kier molecular flexibility index (Phi) is 8.40. The number of anilines is 1. The molecule has 3 N–H and O–H groups in total. The number of azo groups is 2. The number of phenols is 2. The molecule has 4 rings (SSSR count). The molecule has 41 heavy (non-hydrogen) atoms. The molecule has 0 aliphatic rings. The Morgan fingerprint density at radius 3 is 2.12 bits per heavy atom. The molecule has 0 aliphatic heterocycles. The van der Waals surface area contributed by atoms with Gasteiger partial charge in [0.15, 0.2) is 25.4 Å². The van der Waals surface area contributed by atoms with E-state index in [9.17, 15) is 27.0 Å². The third-order valence-corrected chi connectivity index (χ3v) is 10.1. The molecular weight excluding hydrogens is 566 g/mol. The highest BCUT2D eigenvalue weighted by Gasteiger charge is 2.18. The smallest absolute Gasteiger partial charge is 0.178 e. The molecule has 0 spiro atoms. The van der Waals surface area contributed by atoms with E-state index in [0.717, 1.165) is 6.07 Å². The van der Waals surface area contributed by atoms with E-state index in [1.807, 2.05) is 0 Å². The summed E-state index contributed by atoms with van der Waals surface area (Å²) < 4.78 is 49.0.